The number of anilines is 2. The Morgan fingerprint density at radius 3 is 2.52 bits per heavy atom. The third-order valence-electron chi connectivity index (χ3n) is 3.44. The Hall–Kier alpha value is -3.71. The minimum Gasteiger partial charge on any atom is -0.305 e. The SMILES string of the molecule is CS(=O)(=O)Nc1ccc(C(=O)Nc2c(C#N)cnn2-c2ccccn2)cc1. The molecule has 3 aromatic rings. The number of nitrogens with zero attached hydrogens (tertiary/aromatic N) is 4. The summed E-state index contributed by atoms with van der Waals surface area (Å²) >= 11 is 0. The predicted molar refractivity (Wildman–Crippen MR) is 98.9 cm³/mol. The van der Waals surface area contributed by atoms with Crippen LogP contribution in [0.3, 0.4) is 0 Å². The molecule has 0 unspecified atom stereocenters. The number of sulfonamides is 1. The molecule has 0 spiro atoms. The summed E-state index contributed by atoms with van der Waals surface area (Å²) in [5, 5.41) is 16.0. The van der Waals surface area contributed by atoms with E-state index in [-0.39, 0.29) is 16.9 Å². The van der Waals surface area contributed by atoms with Gasteiger partial charge in [-0.25, -0.2) is 13.4 Å². The molecule has 0 fully saturated rings. The van der Waals surface area contributed by atoms with Crippen molar-refractivity contribution in [3.05, 3.63) is 66.0 Å². The van der Waals surface area contributed by atoms with E-state index < -0.39 is 15.9 Å². The molecular weight excluding hydrogens is 368 g/mol. The number of nitriles is 1. The maximum absolute atomic E-state index is 12.5. The van der Waals surface area contributed by atoms with Crippen LogP contribution in [0.1, 0.15) is 15.9 Å². The number of hydrogen-bond donors (Lipinski definition) is 2. The van der Waals surface area contributed by atoms with E-state index in [9.17, 15) is 18.5 Å². The second kappa shape index (κ2) is 7.27. The van der Waals surface area contributed by atoms with Gasteiger partial charge in [-0.2, -0.15) is 15.0 Å². The lowest BCUT2D eigenvalue weighted by atomic mass is 10.2. The van der Waals surface area contributed by atoms with Gasteiger partial charge in [0.25, 0.3) is 5.91 Å². The van der Waals surface area contributed by atoms with Crippen molar-refractivity contribution in [3.8, 4) is 11.9 Å². The van der Waals surface area contributed by atoms with Gasteiger partial charge in [0.2, 0.25) is 10.0 Å². The molecule has 1 amide bonds. The van der Waals surface area contributed by atoms with Crippen LogP contribution in [0.5, 0.6) is 0 Å². The number of hydrogen-bond acceptors (Lipinski definition) is 6. The summed E-state index contributed by atoms with van der Waals surface area (Å²) in [6.45, 7) is 0. The van der Waals surface area contributed by atoms with Crippen molar-refractivity contribution < 1.29 is 13.2 Å². The summed E-state index contributed by atoms with van der Waals surface area (Å²) in [7, 11) is -3.40. The van der Waals surface area contributed by atoms with Gasteiger partial charge in [0.05, 0.1) is 12.5 Å². The van der Waals surface area contributed by atoms with E-state index in [1.165, 1.54) is 35.1 Å². The Balaban J connectivity index is 1.86. The molecule has 2 N–H and O–H groups in total. The Bertz CT molecular complexity index is 1120. The van der Waals surface area contributed by atoms with Crippen molar-refractivity contribution in [1.82, 2.24) is 14.8 Å². The number of carbonyl (C=O) groups is 1. The summed E-state index contributed by atoms with van der Waals surface area (Å²) in [5.74, 6) is 0.164. The van der Waals surface area contributed by atoms with E-state index in [0.29, 0.717) is 11.5 Å². The number of benzene rings is 1. The Kier molecular flexibility index (Phi) is 4.87. The van der Waals surface area contributed by atoms with Crippen LogP contribution in [-0.4, -0.2) is 35.3 Å². The standard InChI is InChI=1S/C17H14N6O3S/c1-27(25,26)22-14-7-5-12(6-8-14)17(24)21-16-13(10-18)11-20-23(16)15-4-2-3-9-19-15/h2-9,11,22H,1H3,(H,21,24). The van der Waals surface area contributed by atoms with Gasteiger partial charge >= 0.3 is 0 Å². The molecule has 1 aromatic carbocycles. The van der Waals surface area contributed by atoms with Crippen LogP contribution >= 0.6 is 0 Å². The largest absolute Gasteiger partial charge is 0.305 e. The first-order valence-corrected chi connectivity index (χ1v) is 9.55. The topological polar surface area (TPSA) is 130 Å². The molecule has 2 heterocycles. The number of amides is 1. The van der Waals surface area contributed by atoms with Crippen LogP contribution in [0, 0.1) is 11.3 Å². The van der Waals surface area contributed by atoms with E-state index >= 15 is 0 Å². The van der Waals surface area contributed by atoms with Gasteiger partial charge in [0.15, 0.2) is 11.6 Å². The molecule has 10 heteroatoms. The number of pyridine rings is 1. The van der Waals surface area contributed by atoms with Crippen LogP contribution in [-0.2, 0) is 10.0 Å². The molecule has 0 aliphatic carbocycles. The fraction of sp³-hybridized carbons (Fsp3) is 0.0588. The molecule has 3 rings (SSSR count). The van der Waals surface area contributed by atoms with E-state index in [0.717, 1.165) is 6.26 Å². The molecule has 9 nitrogen and oxygen atoms in total. The lowest BCUT2D eigenvalue weighted by molar-refractivity contribution is 0.102. The second-order valence-corrected chi connectivity index (χ2v) is 7.27. The number of nitrogens with one attached hydrogen (secondary N) is 2. The number of carbonyl (C=O) groups excluding carboxylic acids is 1. The molecule has 0 aliphatic rings. The summed E-state index contributed by atoms with van der Waals surface area (Å²) in [4.78, 5) is 16.7. The zero-order valence-electron chi connectivity index (χ0n) is 14.1. The van der Waals surface area contributed by atoms with Crippen LogP contribution in [0.4, 0.5) is 11.5 Å². The molecule has 0 radical (unpaired) electrons. The number of aromatic nitrogens is 3. The van der Waals surface area contributed by atoms with E-state index in [1.807, 2.05) is 6.07 Å². The third-order valence-corrected chi connectivity index (χ3v) is 4.04. The number of rotatable bonds is 5. The Morgan fingerprint density at radius 2 is 1.93 bits per heavy atom. The first-order chi connectivity index (χ1) is 12.9. The lowest BCUT2D eigenvalue weighted by Crippen LogP contribution is -2.16. The van der Waals surface area contributed by atoms with Gasteiger partial charge in [-0.1, -0.05) is 6.07 Å². The summed E-state index contributed by atoms with van der Waals surface area (Å²) < 4.78 is 26.1. The molecule has 2 aromatic heterocycles. The maximum Gasteiger partial charge on any atom is 0.256 e. The molecular formula is C17H14N6O3S. The monoisotopic (exact) mass is 382 g/mol. The Morgan fingerprint density at radius 1 is 1.19 bits per heavy atom. The van der Waals surface area contributed by atoms with Crippen molar-refractivity contribution in [3.63, 3.8) is 0 Å². The van der Waals surface area contributed by atoms with Crippen molar-refractivity contribution in [1.29, 1.82) is 5.26 Å². The minimum absolute atomic E-state index is 0.185. The van der Waals surface area contributed by atoms with Crippen molar-refractivity contribution in [2.75, 3.05) is 16.3 Å². The summed E-state index contributed by atoms with van der Waals surface area (Å²) in [6, 6.07) is 13.0. The minimum atomic E-state index is -3.40. The highest BCUT2D eigenvalue weighted by Gasteiger charge is 2.17. The van der Waals surface area contributed by atoms with Crippen molar-refractivity contribution in [2.24, 2.45) is 0 Å². The normalized spacial score (nSPS) is 10.8. The van der Waals surface area contributed by atoms with Crippen molar-refractivity contribution in [2.45, 2.75) is 0 Å². The zero-order chi connectivity index (χ0) is 19.4. The maximum atomic E-state index is 12.5. The fourth-order valence-electron chi connectivity index (χ4n) is 2.29. The zero-order valence-corrected chi connectivity index (χ0v) is 14.9. The molecule has 136 valence electrons. The molecule has 0 saturated carbocycles. The first-order valence-electron chi connectivity index (χ1n) is 7.66. The van der Waals surface area contributed by atoms with Gasteiger partial charge in [-0.3, -0.25) is 9.52 Å². The van der Waals surface area contributed by atoms with Gasteiger partial charge in [-0.15, -0.1) is 0 Å². The highest BCUT2D eigenvalue weighted by Crippen LogP contribution is 2.20. The van der Waals surface area contributed by atoms with Gasteiger partial charge in [0, 0.05) is 17.4 Å². The average molecular weight is 382 g/mol. The van der Waals surface area contributed by atoms with Gasteiger partial charge in [0.1, 0.15) is 11.6 Å². The van der Waals surface area contributed by atoms with Crippen molar-refractivity contribution >= 4 is 27.4 Å². The van der Waals surface area contributed by atoms with Crippen LogP contribution in [0.15, 0.2) is 54.9 Å². The molecule has 0 aliphatic heterocycles. The van der Waals surface area contributed by atoms with E-state index in [2.05, 4.69) is 20.1 Å². The fourth-order valence-corrected chi connectivity index (χ4v) is 2.85. The van der Waals surface area contributed by atoms with E-state index in [4.69, 9.17) is 0 Å². The second-order valence-electron chi connectivity index (χ2n) is 5.52. The van der Waals surface area contributed by atoms with Gasteiger partial charge < -0.3 is 5.32 Å². The molecule has 0 saturated heterocycles. The summed E-state index contributed by atoms with van der Waals surface area (Å²) in [5.41, 5.74) is 0.807. The molecule has 0 bridgehead atoms. The third kappa shape index (κ3) is 4.28. The van der Waals surface area contributed by atoms with Crippen LogP contribution in [0.2, 0.25) is 0 Å². The van der Waals surface area contributed by atoms with Gasteiger partial charge in [-0.05, 0) is 36.4 Å². The smallest absolute Gasteiger partial charge is 0.256 e. The quantitative estimate of drug-likeness (QED) is 0.691. The Labute approximate surface area is 155 Å². The molecule has 0 atom stereocenters. The van der Waals surface area contributed by atoms with Crippen LogP contribution < -0.4 is 10.0 Å². The molecule has 27 heavy (non-hydrogen) atoms. The first kappa shape index (κ1) is 18.1. The lowest BCUT2D eigenvalue weighted by Gasteiger charge is -2.09. The predicted octanol–water partition coefficient (Wildman–Crippen LogP) is 1.76. The highest BCUT2D eigenvalue weighted by atomic mass is 32.2. The van der Waals surface area contributed by atoms with Crippen LogP contribution in [0.25, 0.3) is 5.82 Å². The highest BCUT2D eigenvalue weighted by molar-refractivity contribution is 7.92. The summed E-state index contributed by atoms with van der Waals surface area (Å²) in [6.07, 6.45) is 3.95. The average Bonchev–Trinajstić information content (AvgIpc) is 3.04. The van der Waals surface area contributed by atoms with E-state index in [1.54, 1.807) is 24.4 Å².